The van der Waals surface area contributed by atoms with Gasteiger partial charge in [0, 0.05) is 5.38 Å². The number of nitrogen functional groups attached to an aromatic ring is 1. The Morgan fingerprint density at radius 1 is 1.50 bits per heavy atom. The first kappa shape index (κ1) is 12.3. The molecule has 18 heavy (non-hydrogen) atoms. The highest BCUT2D eigenvalue weighted by Crippen LogP contribution is 2.17. The third kappa shape index (κ3) is 2.72. The molecule has 0 spiro atoms. The molecule has 1 aromatic carbocycles. The summed E-state index contributed by atoms with van der Waals surface area (Å²) in [6, 6.07) is 7.36. The predicted octanol–water partition coefficient (Wildman–Crippen LogP) is 1.93. The van der Waals surface area contributed by atoms with Crippen molar-refractivity contribution in [2.75, 3.05) is 5.73 Å². The van der Waals surface area contributed by atoms with Crippen molar-refractivity contribution in [1.29, 1.82) is 0 Å². The first-order valence-electron chi connectivity index (χ1n) is 5.11. The summed E-state index contributed by atoms with van der Waals surface area (Å²) in [5, 5.41) is 5.73. The fourth-order valence-corrected chi connectivity index (χ4v) is 1.82. The van der Waals surface area contributed by atoms with Crippen molar-refractivity contribution in [3.8, 4) is 5.75 Å². The van der Waals surface area contributed by atoms with E-state index in [2.05, 4.69) is 10.1 Å². The van der Waals surface area contributed by atoms with Gasteiger partial charge in [-0.3, -0.25) is 4.79 Å². The molecule has 1 heterocycles. The van der Waals surface area contributed by atoms with Crippen molar-refractivity contribution in [3.63, 3.8) is 0 Å². The number of anilines is 1. The zero-order chi connectivity index (χ0) is 13.0. The normalized spacial score (nSPS) is 11.3. The molecule has 0 saturated carbocycles. The molecule has 6 heteroatoms. The number of benzene rings is 1. The second-order valence-corrected chi connectivity index (χ2v) is 4.36. The molecule has 2 aromatic rings. The molecule has 2 N–H and O–H groups in total. The molecule has 0 amide bonds. The number of oxime groups is 1. The molecule has 0 bridgehead atoms. The first-order chi connectivity index (χ1) is 8.70. The fourth-order valence-electron chi connectivity index (χ4n) is 1.27. The van der Waals surface area contributed by atoms with Crippen LogP contribution in [-0.2, 0) is 4.79 Å². The second-order valence-electron chi connectivity index (χ2n) is 3.47. The molecule has 0 aliphatic rings. The Morgan fingerprint density at radius 2 is 2.28 bits per heavy atom. The van der Waals surface area contributed by atoms with Crippen LogP contribution in [0.2, 0.25) is 0 Å². The molecule has 0 aliphatic heterocycles. The van der Waals surface area contributed by atoms with Gasteiger partial charge in [-0.25, -0.2) is 4.98 Å². The standard InChI is InChI=1S/C12H10N3O2S/c1-8-4-2-3-5-11(8)17-15-9(6-16)10-7-18-12(13)14-10/h2-5,7H,1H3,(H2,13,14)/b15-9+. The van der Waals surface area contributed by atoms with E-state index < -0.39 is 0 Å². The lowest BCUT2D eigenvalue weighted by Gasteiger charge is -2.02. The van der Waals surface area contributed by atoms with E-state index in [1.165, 1.54) is 11.3 Å². The number of hydrogen-bond acceptors (Lipinski definition) is 6. The van der Waals surface area contributed by atoms with Crippen LogP contribution in [0.3, 0.4) is 0 Å². The Morgan fingerprint density at radius 3 is 2.89 bits per heavy atom. The van der Waals surface area contributed by atoms with Crippen LogP contribution in [-0.4, -0.2) is 17.0 Å². The first-order valence-corrected chi connectivity index (χ1v) is 5.99. The summed E-state index contributed by atoms with van der Waals surface area (Å²) < 4.78 is 0. The number of thiazole rings is 1. The topological polar surface area (TPSA) is 77.6 Å². The molecular formula is C12H10N3O2S. The molecule has 2 rings (SSSR count). The van der Waals surface area contributed by atoms with Crippen molar-refractivity contribution in [2.45, 2.75) is 6.92 Å². The van der Waals surface area contributed by atoms with Crippen LogP contribution < -0.4 is 10.6 Å². The molecule has 0 atom stereocenters. The Hall–Kier alpha value is -2.21. The molecule has 1 aromatic heterocycles. The van der Waals surface area contributed by atoms with E-state index in [4.69, 9.17) is 10.6 Å². The third-order valence-corrected chi connectivity index (χ3v) is 2.86. The summed E-state index contributed by atoms with van der Waals surface area (Å²) in [4.78, 5) is 20.0. The van der Waals surface area contributed by atoms with Crippen molar-refractivity contribution in [2.24, 2.45) is 5.16 Å². The van der Waals surface area contributed by atoms with Gasteiger partial charge in [-0.05, 0) is 18.6 Å². The molecular weight excluding hydrogens is 250 g/mol. The fraction of sp³-hybridized carbons (Fsp3) is 0.0833. The molecule has 5 nitrogen and oxygen atoms in total. The SMILES string of the molecule is Cc1ccccc1O/N=C(\[C]=O)c1csc(N)n1. The van der Waals surface area contributed by atoms with Crippen LogP contribution in [0.1, 0.15) is 11.3 Å². The second kappa shape index (κ2) is 5.42. The van der Waals surface area contributed by atoms with Gasteiger partial charge in [0.05, 0.1) is 0 Å². The van der Waals surface area contributed by atoms with Crippen LogP contribution >= 0.6 is 11.3 Å². The number of nitrogens with zero attached hydrogens (tertiary/aromatic N) is 2. The Kier molecular flexibility index (Phi) is 3.69. The number of para-hydroxylation sites is 1. The van der Waals surface area contributed by atoms with E-state index in [9.17, 15) is 4.79 Å². The Labute approximate surface area is 108 Å². The highest BCUT2D eigenvalue weighted by Gasteiger charge is 2.09. The van der Waals surface area contributed by atoms with E-state index in [1.807, 2.05) is 25.1 Å². The quantitative estimate of drug-likeness (QED) is 0.673. The Bertz CT molecular complexity index is 593. The summed E-state index contributed by atoms with van der Waals surface area (Å²) in [7, 11) is 0. The minimum absolute atomic E-state index is 0.00815. The van der Waals surface area contributed by atoms with Gasteiger partial charge in [0.2, 0.25) is 0 Å². The average Bonchev–Trinajstić information content (AvgIpc) is 2.79. The summed E-state index contributed by atoms with van der Waals surface area (Å²) in [6.45, 7) is 1.88. The van der Waals surface area contributed by atoms with Gasteiger partial charge in [-0.1, -0.05) is 23.4 Å². The predicted molar refractivity (Wildman–Crippen MR) is 70.6 cm³/mol. The maximum atomic E-state index is 10.8. The van der Waals surface area contributed by atoms with Crippen LogP contribution in [0, 0.1) is 6.92 Å². The van der Waals surface area contributed by atoms with Gasteiger partial charge in [0.1, 0.15) is 5.69 Å². The monoisotopic (exact) mass is 260 g/mol. The lowest BCUT2D eigenvalue weighted by atomic mass is 10.2. The molecule has 0 fully saturated rings. The minimum atomic E-state index is -0.00815. The lowest BCUT2D eigenvalue weighted by molar-refractivity contribution is 0.340. The zero-order valence-corrected chi connectivity index (χ0v) is 10.4. The maximum Gasteiger partial charge on any atom is 0.259 e. The lowest BCUT2D eigenvalue weighted by Crippen LogP contribution is -2.05. The summed E-state index contributed by atoms with van der Waals surface area (Å²) in [5.41, 5.74) is 6.76. The van der Waals surface area contributed by atoms with Crippen molar-refractivity contribution in [3.05, 3.63) is 40.9 Å². The summed E-state index contributed by atoms with van der Waals surface area (Å²) in [6.07, 6.45) is 1.68. The van der Waals surface area contributed by atoms with E-state index in [-0.39, 0.29) is 5.71 Å². The minimum Gasteiger partial charge on any atom is -0.375 e. The van der Waals surface area contributed by atoms with E-state index in [0.29, 0.717) is 16.6 Å². The van der Waals surface area contributed by atoms with Gasteiger partial charge in [0.25, 0.3) is 6.29 Å². The molecule has 0 saturated heterocycles. The van der Waals surface area contributed by atoms with Crippen molar-refractivity contribution >= 4 is 28.5 Å². The smallest absolute Gasteiger partial charge is 0.259 e. The summed E-state index contributed by atoms with van der Waals surface area (Å²) >= 11 is 1.22. The van der Waals surface area contributed by atoms with Crippen LogP contribution in [0.25, 0.3) is 0 Å². The Balaban J connectivity index is 2.21. The highest BCUT2D eigenvalue weighted by molar-refractivity contribution is 7.13. The largest absolute Gasteiger partial charge is 0.375 e. The molecule has 91 valence electrons. The third-order valence-electron chi connectivity index (χ3n) is 2.19. The van der Waals surface area contributed by atoms with Crippen molar-refractivity contribution in [1.82, 2.24) is 4.98 Å². The maximum absolute atomic E-state index is 10.8. The number of rotatable bonds is 4. The molecule has 0 unspecified atom stereocenters. The van der Waals surface area contributed by atoms with Gasteiger partial charge in [-0.15, -0.1) is 11.3 Å². The number of nitrogens with two attached hydrogens (primary N) is 1. The zero-order valence-electron chi connectivity index (χ0n) is 9.58. The van der Waals surface area contributed by atoms with Crippen LogP contribution in [0.4, 0.5) is 5.13 Å². The van der Waals surface area contributed by atoms with Crippen LogP contribution in [0.5, 0.6) is 5.75 Å². The van der Waals surface area contributed by atoms with E-state index in [0.717, 1.165) is 5.56 Å². The number of hydrogen-bond donors (Lipinski definition) is 1. The number of aromatic nitrogens is 1. The number of carbonyl (C=O) groups excluding carboxylic acids is 1. The molecule has 0 aliphatic carbocycles. The number of aryl methyl sites for hydroxylation is 1. The summed E-state index contributed by atoms with van der Waals surface area (Å²) in [5.74, 6) is 0.577. The van der Waals surface area contributed by atoms with E-state index >= 15 is 0 Å². The molecule has 1 radical (unpaired) electrons. The van der Waals surface area contributed by atoms with Gasteiger partial charge in [-0.2, -0.15) is 0 Å². The van der Waals surface area contributed by atoms with E-state index in [1.54, 1.807) is 17.7 Å². The van der Waals surface area contributed by atoms with Crippen LogP contribution in [0.15, 0.2) is 34.8 Å². The highest BCUT2D eigenvalue weighted by atomic mass is 32.1. The van der Waals surface area contributed by atoms with Gasteiger partial charge in [0.15, 0.2) is 16.6 Å². The van der Waals surface area contributed by atoms with Gasteiger partial charge >= 0.3 is 0 Å². The van der Waals surface area contributed by atoms with Crippen molar-refractivity contribution < 1.29 is 9.63 Å². The van der Waals surface area contributed by atoms with Gasteiger partial charge < -0.3 is 10.6 Å². The average molecular weight is 260 g/mol.